The minimum absolute atomic E-state index is 0.0792. The fraction of sp³-hybridized carbons (Fsp3) is 0.190. The summed E-state index contributed by atoms with van der Waals surface area (Å²) >= 11 is 0. The number of imidazole rings is 1. The Kier molecular flexibility index (Phi) is 4.57. The molecular formula is C21H20N4O3. The van der Waals surface area contributed by atoms with Gasteiger partial charge in [-0.05, 0) is 42.8 Å². The molecule has 0 atom stereocenters. The number of ether oxygens (including phenoxy) is 1. The van der Waals surface area contributed by atoms with Crippen LogP contribution < -0.4 is 4.90 Å². The Hall–Kier alpha value is -3.61. The Bertz CT molecular complexity index is 1050. The highest BCUT2D eigenvalue weighted by atomic mass is 16.5. The Morgan fingerprint density at radius 3 is 2.71 bits per heavy atom. The molecule has 0 spiro atoms. The number of aromatic nitrogens is 2. The summed E-state index contributed by atoms with van der Waals surface area (Å²) in [5.74, 6) is 0.327. The number of anilines is 1. The minimum atomic E-state index is -0.367. The van der Waals surface area contributed by atoms with Crippen molar-refractivity contribution >= 4 is 34.1 Å². The molecule has 2 aromatic carbocycles. The standard InChI is InChI=1S/C21H20N4O3/c1-2-11-28-21(27)13-7-9-14(10-8-13)25-12-17(26)18(19(25)22)20-23-15-5-3-4-6-16(15)24-20/h3-10,22,26H,2,11-12H2,1H3,(H,23,24). The summed E-state index contributed by atoms with van der Waals surface area (Å²) in [6.07, 6.45) is 0.768. The molecule has 1 aliphatic heterocycles. The van der Waals surface area contributed by atoms with Gasteiger partial charge in [-0.1, -0.05) is 19.1 Å². The van der Waals surface area contributed by atoms with Crippen molar-refractivity contribution in [3.05, 3.63) is 65.7 Å². The zero-order chi connectivity index (χ0) is 19.7. The highest BCUT2D eigenvalue weighted by Crippen LogP contribution is 2.31. The van der Waals surface area contributed by atoms with Crippen LogP contribution in [0.1, 0.15) is 29.5 Å². The summed E-state index contributed by atoms with van der Waals surface area (Å²) in [5, 5.41) is 19.0. The van der Waals surface area contributed by atoms with Gasteiger partial charge in [0.05, 0.1) is 35.3 Å². The van der Waals surface area contributed by atoms with Gasteiger partial charge in [-0.3, -0.25) is 5.41 Å². The maximum atomic E-state index is 11.9. The highest BCUT2D eigenvalue weighted by Gasteiger charge is 2.31. The number of rotatable bonds is 5. The lowest BCUT2D eigenvalue weighted by atomic mass is 10.2. The van der Waals surface area contributed by atoms with E-state index in [1.807, 2.05) is 31.2 Å². The van der Waals surface area contributed by atoms with Crippen molar-refractivity contribution in [1.29, 1.82) is 5.41 Å². The number of hydrogen-bond acceptors (Lipinski definition) is 5. The van der Waals surface area contributed by atoms with Crippen LogP contribution in [0.5, 0.6) is 0 Å². The molecule has 28 heavy (non-hydrogen) atoms. The van der Waals surface area contributed by atoms with Crippen LogP contribution in [0.4, 0.5) is 5.69 Å². The van der Waals surface area contributed by atoms with E-state index >= 15 is 0 Å². The van der Waals surface area contributed by atoms with E-state index < -0.39 is 0 Å². The molecule has 0 aliphatic carbocycles. The van der Waals surface area contributed by atoms with Gasteiger partial charge in [-0.2, -0.15) is 0 Å². The first kappa shape index (κ1) is 17.8. The Morgan fingerprint density at radius 2 is 2.00 bits per heavy atom. The van der Waals surface area contributed by atoms with Gasteiger partial charge in [0.1, 0.15) is 17.4 Å². The van der Waals surface area contributed by atoms with Crippen LogP contribution in [-0.4, -0.2) is 40.0 Å². The molecule has 7 heteroatoms. The molecule has 142 valence electrons. The second-order valence-electron chi connectivity index (χ2n) is 6.54. The van der Waals surface area contributed by atoms with Crippen LogP contribution in [0.3, 0.4) is 0 Å². The van der Waals surface area contributed by atoms with E-state index in [0.717, 1.165) is 17.5 Å². The fourth-order valence-electron chi connectivity index (χ4n) is 3.18. The number of fused-ring (bicyclic) bond motifs is 1. The lowest BCUT2D eigenvalue weighted by Gasteiger charge is -2.18. The first-order chi connectivity index (χ1) is 13.6. The van der Waals surface area contributed by atoms with Crippen LogP contribution in [0.15, 0.2) is 54.3 Å². The van der Waals surface area contributed by atoms with Crippen molar-refractivity contribution in [2.45, 2.75) is 13.3 Å². The van der Waals surface area contributed by atoms with Gasteiger partial charge in [-0.15, -0.1) is 0 Å². The molecule has 0 radical (unpaired) electrons. The predicted octanol–water partition coefficient (Wildman–Crippen LogP) is 3.90. The summed E-state index contributed by atoms with van der Waals surface area (Å²) in [6.45, 7) is 2.50. The number of aliphatic hydroxyl groups is 1. The second kappa shape index (κ2) is 7.19. The van der Waals surface area contributed by atoms with E-state index in [1.54, 1.807) is 29.2 Å². The molecule has 2 heterocycles. The van der Waals surface area contributed by atoms with Crippen LogP contribution in [0.2, 0.25) is 0 Å². The second-order valence-corrected chi connectivity index (χ2v) is 6.54. The van der Waals surface area contributed by atoms with Gasteiger partial charge in [0.2, 0.25) is 0 Å². The van der Waals surface area contributed by atoms with Crippen molar-refractivity contribution in [2.75, 3.05) is 18.1 Å². The molecule has 0 bridgehead atoms. The number of para-hydroxylation sites is 2. The number of benzene rings is 2. The molecule has 3 aromatic rings. The van der Waals surface area contributed by atoms with Crippen molar-refractivity contribution < 1.29 is 14.6 Å². The van der Waals surface area contributed by atoms with E-state index in [-0.39, 0.29) is 24.1 Å². The van der Waals surface area contributed by atoms with Crippen LogP contribution in [-0.2, 0) is 4.74 Å². The largest absolute Gasteiger partial charge is 0.509 e. The zero-order valence-electron chi connectivity index (χ0n) is 15.4. The number of amidine groups is 1. The van der Waals surface area contributed by atoms with Crippen molar-refractivity contribution in [3.63, 3.8) is 0 Å². The molecule has 0 saturated carbocycles. The first-order valence-electron chi connectivity index (χ1n) is 9.09. The third-order valence-corrected chi connectivity index (χ3v) is 4.58. The van der Waals surface area contributed by atoms with Crippen LogP contribution in [0, 0.1) is 5.41 Å². The number of nitrogens with zero attached hydrogens (tertiary/aromatic N) is 2. The number of aromatic amines is 1. The van der Waals surface area contributed by atoms with Gasteiger partial charge in [0.15, 0.2) is 0 Å². The van der Waals surface area contributed by atoms with Crippen molar-refractivity contribution in [1.82, 2.24) is 9.97 Å². The molecule has 1 aliphatic rings. The van der Waals surface area contributed by atoms with E-state index in [0.29, 0.717) is 29.3 Å². The maximum absolute atomic E-state index is 11.9. The predicted molar refractivity (Wildman–Crippen MR) is 108 cm³/mol. The number of nitrogens with one attached hydrogen (secondary N) is 2. The molecule has 0 unspecified atom stereocenters. The number of carbonyl (C=O) groups excluding carboxylic acids is 1. The lowest BCUT2D eigenvalue weighted by molar-refractivity contribution is 0.0505. The summed E-state index contributed by atoms with van der Waals surface area (Å²) in [6, 6.07) is 14.4. The third-order valence-electron chi connectivity index (χ3n) is 4.58. The molecule has 3 N–H and O–H groups in total. The first-order valence-corrected chi connectivity index (χ1v) is 9.09. The van der Waals surface area contributed by atoms with Gasteiger partial charge in [0, 0.05) is 5.69 Å². The number of H-pyrrole nitrogens is 1. The average Bonchev–Trinajstić information content (AvgIpc) is 3.26. The number of aliphatic hydroxyl groups excluding tert-OH is 1. The zero-order valence-corrected chi connectivity index (χ0v) is 15.4. The molecule has 0 saturated heterocycles. The molecule has 1 aromatic heterocycles. The van der Waals surface area contributed by atoms with Gasteiger partial charge < -0.3 is 19.7 Å². The summed E-state index contributed by atoms with van der Waals surface area (Å²) < 4.78 is 5.13. The quantitative estimate of drug-likeness (QED) is 0.586. The monoisotopic (exact) mass is 376 g/mol. The van der Waals surface area contributed by atoms with Gasteiger partial charge >= 0.3 is 5.97 Å². The molecular weight excluding hydrogens is 356 g/mol. The van der Waals surface area contributed by atoms with E-state index in [9.17, 15) is 9.90 Å². The normalized spacial score (nSPS) is 14.2. The lowest BCUT2D eigenvalue weighted by Crippen LogP contribution is -2.26. The summed E-state index contributed by atoms with van der Waals surface area (Å²) in [5.41, 5.74) is 3.16. The summed E-state index contributed by atoms with van der Waals surface area (Å²) in [4.78, 5) is 21.2. The SMILES string of the molecule is CCCOC(=O)c1ccc(N2CC(O)=C(c3nc4ccccc4[nH]3)C2=N)cc1. The minimum Gasteiger partial charge on any atom is -0.509 e. The third kappa shape index (κ3) is 3.11. The van der Waals surface area contributed by atoms with E-state index in [2.05, 4.69) is 9.97 Å². The van der Waals surface area contributed by atoms with Gasteiger partial charge in [-0.25, -0.2) is 9.78 Å². The Balaban J connectivity index is 1.57. The Morgan fingerprint density at radius 1 is 1.25 bits per heavy atom. The number of carbonyl (C=O) groups is 1. The van der Waals surface area contributed by atoms with Crippen LogP contribution in [0.25, 0.3) is 16.6 Å². The molecule has 4 rings (SSSR count). The number of hydrogen-bond donors (Lipinski definition) is 3. The summed E-state index contributed by atoms with van der Waals surface area (Å²) in [7, 11) is 0. The smallest absolute Gasteiger partial charge is 0.338 e. The van der Waals surface area contributed by atoms with E-state index in [4.69, 9.17) is 10.1 Å². The van der Waals surface area contributed by atoms with Gasteiger partial charge in [0.25, 0.3) is 0 Å². The number of esters is 1. The average molecular weight is 376 g/mol. The molecule has 0 amide bonds. The topological polar surface area (TPSA) is 102 Å². The fourth-order valence-corrected chi connectivity index (χ4v) is 3.18. The van der Waals surface area contributed by atoms with Crippen molar-refractivity contribution in [2.24, 2.45) is 0 Å². The van der Waals surface area contributed by atoms with Crippen LogP contribution >= 0.6 is 0 Å². The highest BCUT2D eigenvalue weighted by molar-refractivity contribution is 6.30. The van der Waals surface area contributed by atoms with Crippen molar-refractivity contribution in [3.8, 4) is 0 Å². The maximum Gasteiger partial charge on any atom is 0.338 e. The Labute approximate surface area is 161 Å². The van der Waals surface area contributed by atoms with E-state index in [1.165, 1.54) is 0 Å². The molecule has 7 nitrogen and oxygen atoms in total. The molecule has 0 fully saturated rings.